The number of methoxy groups -OCH3 is 2. The molecule has 9 heteroatoms. The van der Waals surface area contributed by atoms with Gasteiger partial charge in [-0.05, 0) is 37.6 Å². The lowest BCUT2D eigenvalue weighted by atomic mass is 10.2. The van der Waals surface area contributed by atoms with Gasteiger partial charge in [-0.2, -0.15) is 4.31 Å². The number of nitrogens with zero attached hydrogens (tertiary/aromatic N) is 4. The van der Waals surface area contributed by atoms with E-state index in [2.05, 4.69) is 14.5 Å². The zero-order valence-electron chi connectivity index (χ0n) is 17.1. The molecule has 158 valence electrons. The van der Waals surface area contributed by atoms with Crippen LogP contribution in [-0.4, -0.2) is 54.6 Å². The summed E-state index contributed by atoms with van der Waals surface area (Å²) in [6, 6.07) is 8.60. The number of benzene rings is 1. The summed E-state index contributed by atoms with van der Waals surface area (Å²) in [6.45, 7) is 2.76. The molecule has 3 heterocycles. The Morgan fingerprint density at radius 2 is 1.87 bits per heavy atom. The Morgan fingerprint density at radius 3 is 2.57 bits per heavy atom. The number of pyridine rings is 1. The fourth-order valence-electron chi connectivity index (χ4n) is 3.89. The van der Waals surface area contributed by atoms with Crippen molar-refractivity contribution in [2.75, 3.05) is 27.3 Å². The lowest BCUT2D eigenvalue weighted by molar-refractivity contribution is 0.387. The molecule has 1 saturated heterocycles. The summed E-state index contributed by atoms with van der Waals surface area (Å²) >= 11 is 0. The van der Waals surface area contributed by atoms with Crippen LogP contribution in [0.5, 0.6) is 11.5 Å². The minimum Gasteiger partial charge on any atom is -0.497 e. The molecule has 0 amide bonds. The van der Waals surface area contributed by atoms with Gasteiger partial charge in [-0.1, -0.05) is 0 Å². The molecule has 0 radical (unpaired) electrons. The van der Waals surface area contributed by atoms with Crippen LogP contribution in [0.1, 0.15) is 18.2 Å². The highest BCUT2D eigenvalue weighted by molar-refractivity contribution is 7.89. The van der Waals surface area contributed by atoms with Crippen molar-refractivity contribution in [1.82, 2.24) is 18.8 Å². The van der Waals surface area contributed by atoms with E-state index in [-0.39, 0.29) is 10.9 Å². The molecule has 0 aliphatic carbocycles. The maximum atomic E-state index is 13.4. The SMILES string of the molecule is COc1ccc(OC)c(S(=O)(=O)N2CCC(n3c(C)cnc3-c3ccncc3)C2)c1. The van der Waals surface area contributed by atoms with Gasteiger partial charge in [0.05, 0.1) is 20.3 Å². The van der Waals surface area contributed by atoms with Crippen LogP contribution in [0.3, 0.4) is 0 Å². The molecular weight excluding hydrogens is 404 g/mol. The lowest BCUT2D eigenvalue weighted by Crippen LogP contribution is -2.30. The van der Waals surface area contributed by atoms with E-state index in [9.17, 15) is 8.42 Å². The van der Waals surface area contributed by atoms with Crippen molar-refractivity contribution in [2.45, 2.75) is 24.3 Å². The average Bonchev–Trinajstić information content (AvgIpc) is 3.41. The molecule has 0 bridgehead atoms. The number of aromatic nitrogens is 3. The van der Waals surface area contributed by atoms with Gasteiger partial charge in [0.15, 0.2) is 0 Å². The van der Waals surface area contributed by atoms with Crippen molar-refractivity contribution in [2.24, 2.45) is 0 Å². The molecule has 8 nitrogen and oxygen atoms in total. The maximum Gasteiger partial charge on any atom is 0.246 e. The summed E-state index contributed by atoms with van der Waals surface area (Å²) < 4.78 is 40.9. The normalized spacial score (nSPS) is 17.2. The zero-order chi connectivity index (χ0) is 21.3. The van der Waals surface area contributed by atoms with E-state index in [1.165, 1.54) is 24.6 Å². The molecule has 1 aromatic carbocycles. The van der Waals surface area contributed by atoms with Gasteiger partial charge >= 0.3 is 0 Å². The number of hydrogen-bond acceptors (Lipinski definition) is 6. The third-order valence-corrected chi connectivity index (χ3v) is 7.29. The second-order valence-electron chi connectivity index (χ2n) is 7.15. The minimum atomic E-state index is -3.74. The molecule has 3 aromatic rings. The first kappa shape index (κ1) is 20.4. The third kappa shape index (κ3) is 3.54. The Morgan fingerprint density at radius 1 is 1.10 bits per heavy atom. The van der Waals surface area contributed by atoms with Crippen molar-refractivity contribution in [1.29, 1.82) is 0 Å². The van der Waals surface area contributed by atoms with Crippen LogP contribution in [0.25, 0.3) is 11.4 Å². The molecule has 2 aromatic heterocycles. The Hall–Kier alpha value is -2.91. The third-order valence-electron chi connectivity index (χ3n) is 5.40. The highest BCUT2D eigenvalue weighted by Crippen LogP contribution is 2.35. The molecule has 4 rings (SSSR count). The van der Waals surface area contributed by atoms with Crippen LogP contribution in [0.2, 0.25) is 0 Å². The van der Waals surface area contributed by atoms with E-state index in [1.54, 1.807) is 24.5 Å². The zero-order valence-corrected chi connectivity index (χ0v) is 18.0. The Balaban J connectivity index is 1.66. The van der Waals surface area contributed by atoms with Crippen LogP contribution in [0, 0.1) is 6.92 Å². The van der Waals surface area contributed by atoms with Crippen LogP contribution in [0.4, 0.5) is 0 Å². The smallest absolute Gasteiger partial charge is 0.246 e. The fraction of sp³-hybridized carbons (Fsp3) is 0.333. The van der Waals surface area contributed by atoms with Crippen molar-refractivity contribution < 1.29 is 17.9 Å². The number of imidazole rings is 1. The highest BCUT2D eigenvalue weighted by Gasteiger charge is 2.36. The van der Waals surface area contributed by atoms with Crippen LogP contribution < -0.4 is 9.47 Å². The molecule has 0 spiro atoms. The molecule has 0 saturated carbocycles. The average molecular weight is 429 g/mol. The monoisotopic (exact) mass is 428 g/mol. The number of hydrogen-bond donors (Lipinski definition) is 0. The topological polar surface area (TPSA) is 86.5 Å². The van der Waals surface area contributed by atoms with Gasteiger partial charge in [0.1, 0.15) is 22.2 Å². The van der Waals surface area contributed by atoms with Crippen molar-refractivity contribution in [3.8, 4) is 22.9 Å². The maximum absolute atomic E-state index is 13.4. The van der Waals surface area contributed by atoms with Gasteiger partial charge in [0.2, 0.25) is 10.0 Å². The summed E-state index contributed by atoms with van der Waals surface area (Å²) in [4.78, 5) is 8.74. The van der Waals surface area contributed by atoms with Gasteiger partial charge in [-0.25, -0.2) is 13.4 Å². The summed E-state index contributed by atoms with van der Waals surface area (Å²) in [7, 11) is -0.776. The molecular formula is C21H24N4O4S. The summed E-state index contributed by atoms with van der Waals surface area (Å²) in [6.07, 6.45) is 5.97. The molecule has 1 unspecified atom stereocenters. The quantitative estimate of drug-likeness (QED) is 0.600. The summed E-state index contributed by atoms with van der Waals surface area (Å²) in [5.41, 5.74) is 1.94. The number of sulfonamides is 1. The first-order chi connectivity index (χ1) is 14.5. The van der Waals surface area contributed by atoms with E-state index < -0.39 is 10.0 Å². The van der Waals surface area contributed by atoms with E-state index >= 15 is 0 Å². The van der Waals surface area contributed by atoms with E-state index in [0.717, 1.165) is 17.1 Å². The predicted molar refractivity (Wildman–Crippen MR) is 112 cm³/mol. The van der Waals surface area contributed by atoms with Crippen LogP contribution in [-0.2, 0) is 10.0 Å². The molecule has 0 N–H and O–H groups in total. The Labute approximate surface area is 176 Å². The van der Waals surface area contributed by atoms with Gasteiger partial charge in [0, 0.05) is 49.0 Å². The number of aryl methyl sites for hydroxylation is 1. The number of rotatable bonds is 6. The van der Waals surface area contributed by atoms with Gasteiger partial charge in [-0.15, -0.1) is 0 Å². The Kier molecular flexibility index (Phi) is 5.48. The highest BCUT2D eigenvalue weighted by atomic mass is 32.2. The first-order valence-electron chi connectivity index (χ1n) is 9.62. The lowest BCUT2D eigenvalue weighted by Gasteiger charge is -2.21. The molecule has 1 fully saturated rings. The van der Waals surface area contributed by atoms with Crippen molar-refractivity contribution >= 4 is 10.0 Å². The predicted octanol–water partition coefficient (Wildman–Crippen LogP) is 2.91. The van der Waals surface area contributed by atoms with Gasteiger partial charge in [0.25, 0.3) is 0 Å². The van der Waals surface area contributed by atoms with Crippen LogP contribution >= 0.6 is 0 Å². The summed E-state index contributed by atoms with van der Waals surface area (Å²) in [5, 5.41) is 0. The van der Waals surface area contributed by atoms with E-state index in [0.29, 0.717) is 31.0 Å². The minimum absolute atomic E-state index is 0.0120. The number of ether oxygens (including phenoxy) is 2. The van der Waals surface area contributed by atoms with E-state index in [4.69, 9.17) is 9.47 Å². The molecule has 1 aliphatic rings. The van der Waals surface area contributed by atoms with Crippen LogP contribution in [0.15, 0.2) is 53.8 Å². The molecule has 30 heavy (non-hydrogen) atoms. The standard InChI is InChI=1S/C21H24N4O4S/c1-15-13-23-21(16-6-9-22-10-7-16)25(15)17-8-11-24(14-17)30(26,27)20-12-18(28-2)4-5-19(20)29-3/h4-7,9-10,12-13,17H,8,11,14H2,1-3H3. The largest absolute Gasteiger partial charge is 0.497 e. The van der Waals surface area contributed by atoms with Gasteiger partial charge < -0.3 is 14.0 Å². The summed E-state index contributed by atoms with van der Waals surface area (Å²) in [5.74, 6) is 1.59. The second kappa shape index (κ2) is 8.08. The van der Waals surface area contributed by atoms with Crippen molar-refractivity contribution in [3.05, 3.63) is 54.6 Å². The fourth-order valence-corrected chi connectivity index (χ4v) is 5.55. The second-order valence-corrected chi connectivity index (χ2v) is 9.06. The van der Waals surface area contributed by atoms with Gasteiger partial charge in [-0.3, -0.25) is 4.98 Å². The Bertz CT molecular complexity index is 1150. The molecule has 1 aliphatic heterocycles. The molecule has 1 atom stereocenters. The first-order valence-corrected chi connectivity index (χ1v) is 11.1. The van der Waals surface area contributed by atoms with Crippen molar-refractivity contribution in [3.63, 3.8) is 0 Å². The van der Waals surface area contributed by atoms with E-state index in [1.807, 2.05) is 25.3 Å².